The van der Waals surface area contributed by atoms with E-state index in [-0.39, 0.29) is 6.04 Å². The Labute approximate surface area is 99.8 Å². The second kappa shape index (κ2) is 5.35. The van der Waals surface area contributed by atoms with Crippen LogP contribution in [-0.2, 0) is 0 Å². The lowest BCUT2D eigenvalue weighted by atomic mass is 10.1. The molecule has 2 heterocycles. The molecule has 1 fully saturated rings. The number of rotatable bonds is 3. The van der Waals surface area contributed by atoms with Crippen molar-refractivity contribution in [2.24, 2.45) is 0 Å². The molecule has 1 aromatic rings. The van der Waals surface area contributed by atoms with Crippen LogP contribution < -0.4 is 5.32 Å². The van der Waals surface area contributed by atoms with E-state index in [1.54, 1.807) is 6.07 Å². The molecule has 1 saturated heterocycles. The monoisotopic (exact) mass is 239 g/mol. The predicted molar refractivity (Wildman–Crippen MR) is 61.1 cm³/mol. The summed E-state index contributed by atoms with van der Waals surface area (Å²) in [6.45, 7) is 3.78. The third-order valence-electron chi connectivity index (χ3n) is 2.80. The normalized spacial score (nSPS) is 19.2. The molecule has 86 valence electrons. The molecule has 1 aliphatic heterocycles. The Bertz CT molecular complexity index is 379. The Morgan fingerprint density at radius 1 is 1.50 bits per heavy atom. The van der Waals surface area contributed by atoms with Gasteiger partial charge in [-0.2, -0.15) is 5.26 Å². The minimum Gasteiger partial charge on any atom is -0.448 e. The minimum atomic E-state index is 0.0274. The maximum Gasteiger partial charge on any atom is 0.193 e. The average molecular weight is 240 g/mol. The molecule has 0 amide bonds. The lowest BCUT2D eigenvalue weighted by Gasteiger charge is -2.32. The molecule has 0 spiro atoms. The first-order valence-corrected chi connectivity index (χ1v) is 5.76. The van der Waals surface area contributed by atoms with Crippen LogP contribution in [0.4, 0.5) is 0 Å². The molecular formula is C11H14ClN3O. The van der Waals surface area contributed by atoms with Crippen molar-refractivity contribution in [3.05, 3.63) is 23.1 Å². The molecule has 0 radical (unpaired) electrons. The predicted octanol–water partition coefficient (Wildman–Crippen LogP) is 1.79. The summed E-state index contributed by atoms with van der Waals surface area (Å²) in [7, 11) is 0. The van der Waals surface area contributed by atoms with Gasteiger partial charge in [0.25, 0.3) is 0 Å². The average Bonchev–Trinajstić information content (AvgIpc) is 2.74. The van der Waals surface area contributed by atoms with Crippen LogP contribution in [0.5, 0.6) is 0 Å². The summed E-state index contributed by atoms with van der Waals surface area (Å²) in [5.41, 5.74) is 0. The highest BCUT2D eigenvalue weighted by atomic mass is 35.5. The van der Waals surface area contributed by atoms with Crippen LogP contribution in [0.1, 0.15) is 18.2 Å². The summed E-state index contributed by atoms with van der Waals surface area (Å²) in [6, 6.07) is 5.81. The Morgan fingerprint density at radius 3 is 2.81 bits per heavy atom. The fourth-order valence-corrected chi connectivity index (χ4v) is 2.15. The molecule has 0 bridgehead atoms. The van der Waals surface area contributed by atoms with Gasteiger partial charge in [0, 0.05) is 26.2 Å². The van der Waals surface area contributed by atoms with Crippen LogP contribution in [0.15, 0.2) is 16.5 Å². The van der Waals surface area contributed by atoms with E-state index in [2.05, 4.69) is 16.3 Å². The Hall–Kier alpha value is -1.02. The lowest BCUT2D eigenvalue weighted by Crippen LogP contribution is -2.45. The summed E-state index contributed by atoms with van der Waals surface area (Å²) in [5.74, 6) is 0.786. The van der Waals surface area contributed by atoms with Crippen LogP contribution in [0.25, 0.3) is 0 Å². The molecule has 4 nitrogen and oxygen atoms in total. The van der Waals surface area contributed by atoms with E-state index in [1.165, 1.54) is 0 Å². The highest BCUT2D eigenvalue weighted by Crippen LogP contribution is 2.27. The van der Waals surface area contributed by atoms with Gasteiger partial charge in [0.2, 0.25) is 0 Å². The molecule has 1 N–H and O–H groups in total. The second-order valence-electron chi connectivity index (χ2n) is 3.81. The largest absolute Gasteiger partial charge is 0.448 e. The number of nitrogens with one attached hydrogen (secondary N) is 1. The standard InChI is InChI=1S/C11H14ClN3O/c12-11-2-1-10(16-11)9(3-4-13)15-7-5-14-6-8-15/h1-2,9,14H,3,5-8H2/t9-/m0/s1. The highest BCUT2D eigenvalue weighted by molar-refractivity contribution is 6.28. The first-order chi connectivity index (χ1) is 7.81. The third kappa shape index (κ3) is 2.56. The van der Waals surface area contributed by atoms with Crippen LogP contribution in [0.2, 0.25) is 5.22 Å². The molecule has 2 rings (SSSR count). The van der Waals surface area contributed by atoms with Gasteiger partial charge in [-0.25, -0.2) is 0 Å². The van der Waals surface area contributed by atoms with Crippen LogP contribution in [0, 0.1) is 11.3 Å². The molecule has 1 aromatic heterocycles. The number of halogens is 1. The molecule has 1 atom stereocenters. The SMILES string of the molecule is N#CC[C@@H](c1ccc(Cl)o1)N1CCNCC1. The van der Waals surface area contributed by atoms with Gasteiger partial charge in [-0.15, -0.1) is 0 Å². The van der Waals surface area contributed by atoms with Gasteiger partial charge in [-0.3, -0.25) is 4.90 Å². The van der Waals surface area contributed by atoms with E-state index < -0.39 is 0 Å². The first-order valence-electron chi connectivity index (χ1n) is 5.38. The number of hydrogen-bond acceptors (Lipinski definition) is 4. The first kappa shape index (κ1) is 11.5. The van der Waals surface area contributed by atoms with Crippen molar-refractivity contribution in [1.82, 2.24) is 10.2 Å². The molecule has 16 heavy (non-hydrogen) atoms. The van der Waals surface area contributed by atoms with Crippen molar-refractivity contribution in [3.8, 4) is 6.07 Å². The van der Waals surface area contributed by atoms with Gasteiger partial charge < -0.3 is 9.73 Å². The van der Waals surface area contributed by atoms with Gasteiger partial charge in [-0.1, -0.05) is 0 Å². The zero-order valence-corrected chi connectivity index (χ0v) is 9.70. The van der Waals surface area contributed by atoms with Crippen molar-refractivity contribution in [3.63, 3.8) is 0 Å². The summed E-state index contributed by atoms with van der Waals surface area (Å²) in [6.07, 6.45) is 0.434. The molecule has 5 heteroatoms. The fourth-order valence-electron chi connectivity index (χ4n) is 2.00. The molecule has 0 unspecified atom stereocenters. The van der Waals surface area contributed by atoms with Crippen LogP contribution in [0.3, 0.4) is 0 Å². The fraction of sp³-hybridized carbons (Fsp3) is 0.545. The highest BCUT2D eigenvalue weighted by Gasteiger charge is 2.24. The van der Waals surface area contributed by atoms with Crippen molar-refractivity contribution < 1.29 is 4.42 Å². The van der Waals surface area contributed by atoms with Crippen molar-refractivity contribution in [2.75, 3.05) is 26.2 Å². The smallest absolute Gasteiger partial charge is 0.193 e. The quantitative estimate of drug-likeness (QED) is 0.874. The van der Waals surface area contributed by atoms with Crippen LogP contribution in [-0.4, -0.2) is 31.1 Å². The summed E-state index contributed by atoms with van der Waals surface area (Å²) in [4.78, 5) is 2.26. The topological polar surface area (TPSA) is 52.2 Å². The van der Waals surface area contributed by atoms with Gasteiger partial charge in [0.1, 0.15) is 5.76 Å². The zero-order valence-electron chi connectivity index (χ0n) is 8.95. The third-order valence-corrected chi connectivity index (χ3v) is 3.00. The van der Waals surface area contributed by atoms with Crippen molar-refractivity contribution in [1.29, 1.82) is 5.26 Å². The van der Waals surface area contributed by atoms with E-state index in [0.717, 1.165) is 31.9 Å². The van der Waals surface area contributed by atoms with Crippen molar-refractivity contribution in [2.45, 2.75) is 12.5 Å². The van der Waals surface area contributed by atoms with E-state index in [9.17, 15) is 0 Å². The summed E-state index contributed by atoms with van der Waals surface area (Å²) < 4.78 is 5.40. The van der Waals surface area contributed by atoms with E-state index in [1.807, 2.05) is 6.07 Å². The lowest BCUT2D eigenvalue weighted by molar-refractivity contribution is 0.157. The zero-order chi connectivity index (χ0) is 11.4. The molecule has 0 saturated carbocycles. The maximum absolute atomic E-state index is 8.87. The summed E-state index contributed by atoms with van der Waals surface area (Å²) in [5, 5.41) is 12.5. The maximum atomic E-state index is 8.87. The number of piperazine rings is 1. The second-order valence-corrected chi connectivity index (χ2v) is 4.18. The van der Waals surface area contributed by atoms with Crippen LogP contribution >= 0.6 is 11.6 Å². The number of hydrogen-bond donors (Lipinski definition) is 1. The molecule has 0 aliphatic carbocycles. The summed E-state index contributed by atoms with van der Waals surface area (Å²) >= 11 is 5.76. The Balaban J connectivity index is 2.13. The molecule has 0 aromatic carbocycles. The van der Waals surface area contributed by atoms with E-state index in [0.29, 0.717) is 11.6 Å². The van der Waals surface area contributed by atoms with E-state index in [4.69, 9.17) is 21.3 Å². The molecular weight excluding hydrogens is 226 g/mol. The molecule has 1 aliphatic rings. The van der Waals surface area contributed by atoms with Gasteiger partial charge in [0.05, 0.1) is 18.5 Å². The minimum absolute atomic E-state index is 0.0274. The van der Waals surface area contributed by atoms with Crippen molar-refractivity contribution >= 4 is 11.6 Å². The number of nitrogens with zero attached hydrogens (tertiary/aromatic N) is 2. The van der Waals surface area contributed by atoms with Gasteiger partial charge in [-0.05, 0) is 23.7 Å². The van der Waals surface area contributed by atoms with Gasteiger partial charge in [0.15, 0.2) is 5.22 Å². The number of furan rings is 1. The van der Waals surface area contributed by atoms with E-state index >= 15 is 0 Å². The number of nitriles is 1. The Morgan fingerprint density at radius 2 is 2.25 bits per heavy atom. The van der Waals surface area contributed by atoms with Gasteiger partial charge >= 0.3 is 0 Å². The Kier molecular flexibility index (Phi) is 3.83.